The highest BCUT2D eigenvalue weighted by Gasteiger charge is 2.07. The van der Waals surface area contributed by atoms with E-state index in [0.29, 0.717) is 0 Å². The molecule has 0 spiro atoms. The summed E-state index contributed by atoms with van der Waals surface area (Å²) in [5.74, 6) is 0. The third-order valence-electron chi connectivity index (χ3n) is 2.64. The number of hydrogen-bond donors (Lipinski definition) is 3. The molecule has 0 bridgehead atoms. The molecule has 0 atom stereocenters. The molecule has 0 unspecified atom stereocenters. The molecular formula is C12H24N3O3P. The number of nitrogens with one attached hydrogen (secondary N) is 3. The number of amides is 3. The second kappa shape index (κ2) is 14.9. The van der Waals surface area contributed by atoms with Gasteiger partial charge in [0, 0.05) is 19.6 Å². The van der Waals surface area contributed by atoms with Gasteiger partial charge in [-0.05, 0) is 37.7 Å². The molecule has 0 radical (unpaired) electrons. The van der Waals surface area contributed by atoms with Crippen LogP contribution in [0.4, 0.5) is 0 Å². The average Bonchev–Trinajstić information content (AvgIpc) is 2.43. The van der Waals surface area contributed by atoms with Gasteiger partial charge < -0.3 is 16.0 Å². The first-order valence-corrected chi connectivity index (χ1v) is 8.48. The summed E-state index contributed by atoms with van der Waals surface area (Å²) in [7, 11) is -0.0783. The Labute approximate surface area is 115 Å². The Morgan fingerprint density at radius 2 is 0.947 bits per heavy atom. The van der Waals surface area contributed by atoms with Crippen LogP contribution < -0.4 is 16.0 Å². The van der Waals surface area contributed by atoms with E-state index in [0.717, 1.165) is 76.6 Å². The molecule has 0 saturated heterocycles. The van der Waals surface area contributed by atoms with Crippen molar-refractivity contribution in [1.82, 2.24) is 16.0 Å². The quantitative estimate of drug-likeness (QED) is 0.223. The Balaban J connectivity index is 3.74. The van der Waals surface area contributed by atoms with E-state index in [1.54, 1.807) is 0 Å². The summed E-state index contributed by atoms with van der Waals surface area (Å²) in [5, 5.41) is 8.01. The van der Waals surface area contributed by atoms with Crippen molar-refractivity contribution < 1.29 is 14.4 Å². The van der Waals surface area contributed by atoms with Crippen LogP contribution in [0.5, 0.6) is 0 Å². The largest absolute Gasteiger partial charge is 0.359 e. The number of hydrogen-bond acceptors (Lipinski definition) is 3. The van der Waals surface area contributed by atoms with Crippen LogP contribution in [-0.2, 0) is 14.4 Å². The van der Waals surface area contributed by atoms with E-state index < -0.39 is 0 Å². The van der Waals surface area contributed by atoms with Gasteiger partial charge in [0.2, 0.25) is 19.2 Å². The van der Waals surface area contributed by atoms with Crippen molar-refractivity contribution in [3.05, 3.63) is 0 Å². The van der Waals surface area contributed by atoms with Crippen molar-refractivity contribution in [3.8, 4) is 0 Å². The highest BCUT2D eigenvalue weighted by Crippen LogP contribution is 2.37. The van der Waals surface area contributed by atoms with Crippen molar-refractivity contribution in [2.45, 2.75) is 19.3 Å². The van der Waals surface area contributed by atoms with Gasteiger partial charge in [0.15, 0.2) is 0 Å². The third kappa shape index (κ3) is 13.1. The third-order valence-corrected chi connectivity index (χ3v) is 5.48. The molecule has 0 rings (SSSR count). The number of carbonyl (C=O) groups is 3. The van der Waals surface area contributed by atoms with Crippen LogP contribution in [-0.4, -0.2) is 57.4 Å². The molecule has 0 aliphatic heterocycles. The summed E-state index contributed by atoms with van der Waals surface area (Å²) in [6.45, 7) is 2.17. The smallest absolute Gasteiger partial charge is 0.207 e. The van der Waals surface area contributed by atoms with Crippen LogP contribution in [0.15, 0.2) is 0 Å². The van der Waals surface area contributed by atoms with Gasteiger partial charge in [0.05, 0.1) is 0 Å². The molecule has 0 saturated carbocycles. The second-order valence-electron chi connectivity index (χ2n) is 4.12. The zero-order valence-electron chi connectivity index (χ0n) is 11.3. The lowest BCUT2D eigenvalue weighted by Crippen LogP contribution is -2.17. The van der Waals surface area contributed by atoms with Crippen molar-refractivity contribution in [1.29, 1.82) is 0 Å². The highest BCUT2D eigenvalue weighted by molar-refractivity contribution is 7.57. The molecule has 0 aromatic carbocycles. The van der Waals surface area contributed by atoms with Gasteiger partial charge in [-0.2, -0.15) is 0 Å². The molecule has 0 aliphatic carbocycles. The molecule has 3 amide bonds. The second-order valence-corrected chi connectivity index (χ2v) is 6.80. The summed E-state index contributed by atoms with van der Waals surface area (Å²) >= 11 is 0. The Hall–Kier alpha value is -1.16. The van der Waals surface area contributed by atoms with E-state index >= 15 is 0 Å². The fourth-order valence-corrected chi connectivity index (χ4v) is 4.21. The lowest BCUT2D eigenvalue weighted by atomic mass is 10.5. The van der Waals surface area contributed by atoms with Gasteiger partial charge in [-0.1, -0.05) is 0 Å². The molecule has 0 aromatic heterocycles. The minimum absolute atomic E-state index is 0.0783. The van der Waals surface area contributed by atoms with Gasteiger partial charge >= 0.3 is 0 Å². The van der Waals surface area contributed by atoms with Crippen LogP contribution in [0, 0.1) is 0 Å². The Morgan fingerprint density at radius 3 is 1.21 bits per heavy atom. The minimum Gasteiger partial charge on any atom is -0.359 e. The zero-order chi connectivity index (χ0) is 14.2. The van der Waals surface area contributed by atoms with Crippen molar-refractivity contribution in [3.63, 3.8) is 0 Å². The van der Waals surface area contributed by atoms with Crippen LogP contribution >= 0.6 is 7.92 Å². The maximum atomic E-state index is 10.1. The average molecular weight is 289 g/mol. The molecule has 0 aliphatic rings. The minimum atomic E-state index is -0.0783. The first kappa shape index (κ1) is 17.8. The van der Waals surface area contributed by atoms with Crippen LogP contribution in [0.25, 0.3) is 0 Å². The molecule has 0 fully saturated rings. The fraction of sp³-hybridized carbons (Fsp3) is 0.750. The van der Waals surface area contributed by atoms with Crippen LogP contribution in [0.1, 0.15) is 19.3 Å². The zero-order valence-corrected chi connectivity index (χ0v) is 12.2. The highest BCUT2D eigenvalue weighted by atomic mass is 31.1. The van der Waals surface area contributed by atoms with E-state index in [-0.39, 0.29) is 7.92 Å². The van der Waals surface area contributed by atoms with Gasteiger partial charge in [0.1, 0.15) is 0 Å². The van der Waals surface area contributed by atoms with E-state index in [1.807, 2.05) is 0 Å². The summed E-state index contributed by atoms with van der Waals surface area (Å²) < 4.78 is 0. The van der Waals surface area contributed by atoms with E-state index in [9.17, 15) is 14.4 Å². The van der Waals surface area contributed by atoms with Gasteiger partial charge in [0.25, 0.3) is 0 Å². The maximum Gasteiger partial charge on any atom is 0.207 e. The summed E-state index contributed by atoms with van der Waals surface area (Å²) in [5.41, 5.74) is 0. The van der Waals surface area contributed by atoms with Crippen molar-refractivity contribution in [2.75, 3.05) is 38.1 Å². The van der Waals surface area contributed by atoms with Gasteiger partial charge in [-0.15, -0.1) is 7.92 Å². The van der Waals surface area contributed by atoms with Crippen LogP contribution in [0.3, 0.4) is 0 Å². The number of rotatable bonds is 15. The number of carbonyl (C=O) groups excluding carboxylic acids is 3. The summed E-state index contributed by atoms with van der Waals surface area (Å²) in [6.07, 6.45) is 8.53. The normalized spacial score (nSPS) is 9.95. The molecule has 0 heterocycles. The maximum absolute atomic E-state index is 10.1. The molecule has 19 heavy (non-hydrogen) atoms. The molecule has 3 N–H and O–H groups in total. The first-order valence-electron chi connectivity index (χ1n) is 6.58. The predicted octanol–water partition coefficient (Wildman–Crippen LogP) is -0.123. The lowest BCUT2D eigenvalue weighted by Gasteiger charge is -2.17. The molecule has 7 heteroatoms. The monoisotopic (exact) mass is 289 g/mol. The van der Waals surface area contributed by atoms with Crippen LogP contribution in [0.2, 0.25) is 0 Å². The fourth-order valence-electron chi connectivity index (χ4n) is 1.73. The van der Waals surface area contributed by atoms with Gasteiger partial charge in [-0.3, -0.25) is 14.4 Å². The predicted molar refractivity (Wildman–Crippen MR) is 77.6 cm³/mol. The first-order chi connectivity index (χ1) is 9.35. The molecular weight excluding hydrogens is 265 g/mol. The van der Waals surface area contributed by atoms with Gasteiger partial charge in [-0.25, -0.2) is 0 Å². The Morgan fingerprint density at radius 1 is 0.632 bits per heavy atom. The van der Waals surface area contributed by atoms with Crippen molar-refractivity contribution >= 4 is 27.2 Å². The lowest BCUT2D eigenvalue weighted by molar-refractivity contribution is -0.110. The standard InChI is InChI=1S/C12H24N3O3P/c16-10-13-4-1-7-19(8-2-5-14-11-17)9-3-6-15-12-18/h10-12H,1-9H2,(H,13,16)(H,14,17)(H,15,18). The SMILES string of the molecule is O=CNCCCP(CCCNC=O)CCCNC=O. The van der Waals surface area contributed by atoms with E-state index in [4.69, 9.17) is 0 Å². The van der Waals surface area contributed by atoms with E-state index in [2.05, 4.69) is 16.0 Å². The van der Waals surface area contributed by atoms with E-state index in [1.165, 1.54) is 0 Å². The Kier molecular flexibility index (Phi) is 14.0. The van der Waals surface area contributed by atoms with Crippen molar-refractivity contribution in [2.24, 2.45) is 0 Å². The molecule has 6 nitrogen and oxygen atoms in total. The summed E-state index contributed by atoms with van der Waals surface area (Å²) in [6, 6.07) is 0. The molecule has 110 valence electrons. The topological polar surface area (TPSA) is 87.3 Å². The molecule has 0 aromatic rings. The Bertz CT molecular complexity index is 204. The summed E-state index contributed by atoms with van der Waals surface area (Å²) in [4.78, 5) is 30.4.